The maximum atomic E-state index is 14.5. The lowest BCUT2D eigenvalue weighted by Crippen LogP contribution is -2.33. The van der Waals surface area contributed by atoms with Gasteiger partial charge in [-0.05, 0) is 138 Å². The van der Waals surface area contributed by atoms with E-state index in [0.717, 1.165) is 83.8 Å². The third kappa shape index (κ3) is 24.4. The van der Waals surface area contributed by atoms with Crippen molar-refractivity contribution in [1.29, 1.82) is 0 Å². The van der Waals surface area contributed by atoms with Gasteiger partial charge in [-0.2, -0.15) is 0 Å². The van der Waals surface area contributed by atoms with E-state index in [2.05, 4.69) is 150 Å². The minimum atomic E-state index is -0.398. The lowest BCUT2D eigenvalue weighted by atomic mass is 9.67. The Kier molecular flexibility index (Phi) is 37.6. The summed E-state index contributed by atoms with van der Waals surface area (Å²) in [5.74, 6) is 5.86. The van der Waals surface area contributed by atoms with Crippen molar-refractivity contribution in [3.63, 3.8) is 0 Å². The molecule has 3 unspecified atom stereocenters. The zero-order valence-electron chi connectivity index (χ0n) is 46.2. The van der Waals surface area contributed by atoms with E-state index in [1.165, 1.54) is 60.8 Å². The van der Waals surface area contributed by atoms with E-state index in [4.69, 9.17) is 5.73 Å². The molecule has 4 rings (SSSR count). The van der Waals surface area contributed by atoms with E-state index < -0.39 is 5.83 Å². The van der Waals surface area contributed by atoms with Gasteiger partial charge in [0.1, 0.15) is 11.6 Å². The number of aliphatic imine (C=N–C) groups is 1. The monoisotopic (exact) mass is 891 g/mol. The number of allylic oxidation sites excluding steroid dienone is 5. The second-order valence-corrected chi connectivity index (χ2v) is 19.2. The molecule has 4 nitrogen and oxygen atoms in total. The van der Waals surface area contributed by atoms with E-state index in [1.54, 1.807) is 18.4 Å². The van der Waals surface area contributed by atoms with Gasteiger partial charge < -0.3 is 16.4 Å². The fourth-order valence-corrected chi connectivity index (χ4v) is 8.42. The first kappa shape index (κ1) is 65.1. The Labute approximate surface area is 399 Å². The van der Waals surface area contributed by atoms with Crippen molar-refractivity contribution >= 4 is 6.21 Å². The van der Waals surface area contributed by atoms with Crippen LogP contribution in [0.5, 0.6) is 0 Å². The minimum absolute atomic E-state index is 0.00521. The molecule has 0 amide bonds. The normalized spacial score (nSPS) is 20.4. The fraction of sp³-hybridized carbons (Fsp3) is 0.678. The van der Waals surface area contributed by atoms with E-state index in [9.17, 15) is 4.39 Å². The van der Waals surface area contributed by atoms with Crippen molar-refractivity contribution in [1.82, 2.24) is 10.6 Å². The SMILES string of the molecule is C=C(C)C(CCC)(CCC)c1ccc(C2C=C(N=CC)C(C)=C(NC(/C=C\C)=C(\F)CN)N2)cc1C.C=C(C)C1CCCC1C.CC.CC.CC(C)C.CC1CC(C)C1.CCC(C)C. The van der Waals surface area contributed by atoms with Gasteiger partial charge in [0.25, 0.3) is 0 Å². The van der Waals surface area contributed by atoms with E-state index >= 15 is 0 Å². The molecule has 1 aliphatic heterocycles. The zero-order valence-corrected chi connectivity index (χ0v) is 46.2. The molecule has 5 heteroatoms. The molecule has 2 saturated carbocycles. The van der Waals surface area contributed by atoms with Gasteiger partial charge in [-0.1, -0.05) is 185 Å². The topological polar surface area (TPSA) is 62.4 Å². The minimum Gasteiger partial charge on any atom is -0.361 e. The molecule has 3 atom stereocenters. The Morgan fingerprint density at radius 1 is 0.922 bits per heavy atom. The van der Waals surface area contributed by atoms with Gasteiger partial charge in [-0.15, -0.1) is 0 Å². The van der Waals surface area contributed by atoms with Gasteiger partial charge in [0.05, 0.1) is 17.4 Å². The van der Waals surface area contributed by atoms with Crippen LogP contribution >= 0.6 is 0 Å². The maximum Gasteiger partial charge on any atom is 0.137 e. The number of nitrogens with zero attached hydrogens (tertiary/aromatic N) is 1. The molecule has 64 heavy (non-hydrogen) atoms. The highest BCUT2D eigenvalue weighted by atomic mass is 19.1. The molecule has 0 bridgehead atoms. The van der Waals surface area contributed by atoms with Crippen molar-refractivity contribution in [2.45, 2.75) is 221 Å². The van der Waals surface area contributed by atoms with Crippen molar-refractivity contribution in [2.75, 3.05) is 6.54 Å². The third-order valence-corrected chi connectivity index (χ3v) is 11.9. The molecule has 0 aromatic heterocycles. The molecule has 2 fully saturated rings. The predicted molar refractivity (Wildman–Crippen MR) is 291 cm³/mol. The summed E-state index contributed by atoms with van der Waals surface area (Å²) in [6.07, 6.45) is 20.3. The molecule has 0 saturated heterocycles. The molecule has 1 aromatic rings. The summed E-state index contributed by atoms with van der Waals surface area (Å²) in [6, 6.07) is 6.63. The molecule has 4 N–H and O–H groups in total. The summed E-state index contributed by atoms with van der Waals surface area (Å²) in [6.45, 7) is 53.1. The van der Waals surface area contributed by atoms with Gasteiger partial charge in [-0.25, -0.2) is 4.39 Å². The van der Waals surface area contributed by atoms with Crippen molar-refractivity contribution in [2.24, 2.45) is 46.2 Å². The third-order valence-electron chi connectivity index (χ3n) is 11.9. The van der Waals surface area contributed by atoms with E-state index in [1.807, 2.05) is 48.5 Å². The Balaban J connectivity index is -0.00000106. The second kappa shape index (κ2) is 37.0. The zero-order chi connectivity index (χ0) is 50.2. The lowest BCUT2D eigenvalue weighted by Gasteiger charge is -2.37. The predicted octanol–water partition coefficient (Wildman–Crippen LogP) is 18.4. The van der Waals surface area contributed by atoms with E-state index in [0.29, 0.717) is 5.70 Å². The number of aryl methyl sites for hydroxylation is 1. The molecular formula is C59H107FN4. The van der Waals surface area contributed by atoms with Crippen LogP contribution in [0.3, 0.4) is 0 Å². The van der Waals surface area contributed by atoms with Crippen molar-refractivity contribution < 1.29 is 4.39 Å². The standard InChI is InChI=1S/C31H45FN4.C9H16.C6H12.C5H12.C4H10.2C2H6/c1-9-13-27(26(32)20-33)35-30-23(8)28(34-12-4)19-29(36-30)24-14-15-25(22(7)18-24)31(16-10-2,17-11-3)21(5)6;1-7(2)9-6-4-5-8(9)3;1-5-3-6(2)4-5;1-4-5(2)3;1-4(2)3;2*1-2/h9,12-15,18-19,29,35-36H,5,10-11,16-17,20,33H2,1-4,6-8H3;8-9H,1,4-6H2,2-3H3;5-6H,3-4H2,1-2H3;5H,4H2,1-3H3;4H,1-3H3;2*1-2H3/b13-9-,27-26-,34-12?;;;;;;. The molecule has 0 spiro atoms. The number of dihydropyridines is 1. The van der Waals surface area contributed by atoms with Gasteiger partial charge in [-0.3, -0.25) is 4.99 Å². The van der Waals surface area contributed by atoms with Crippen molar-refractivity contribution in [3.05, 3.63) is 106 Å². The second-order valence-electron chi connectivity index (χ2n) is 19.2. The molecule has 2 aliphatic carbocycles. The molecule has 3 aliphatic rings. The summed E-state index contributed by atoms with van der Waals surface area (Å²) >= 11 is 0. The number of benzene rings is 1. The number of halogens is 1. The fourth-order valence-electron chi connectivity index (χ4n) is 8.42. The highest BCUT2D eigenvalue weighted by molar-refractivity contribution is 5.58. The quantitative estimate of drug-likeness (QED) is 0.0991. The number of hydrogen-bond acceptors (Lipinski definition) is 4. The highest BCUT2D eigenvalue weighted by Crippen LogP contribution is 2.43. The Morgan fingerprint density at radius 2 is 1.44 bits per heavy atom. The largest absolute Gasteiger partial charge is 0.361 e. The van der Waals surface area contributed by atoms with Crippen LogP contribution in [0.1, 0.15) is 225 Å². The molecule has 0 radical (unpaired) electrons. The van der Waals surface area contributed by atoms with Gasteiger partial charge >= 0.3 is 0 Å². The van der Waals surface area contributed by atoms with Crippen LogP contribution in [-0.2, 0) is 5.41 Å². The van der Waals surface area contributed by atoms with Crippen LogP contribution in [0.4, 0.5) is 4.39 Å². The first-order valence-electron chi connectivity index (χ1n) is 25.8. The van der Waals surface area contributed by atoms with Gasteiger partial charge in [0.2, 0.25) is 0 Å². The molecule has 1 aromatic carbocycles. The summed E-state index contributed by atoms with van der Waals surface area (Å²) < 4.78 is 14.5. The number of rotatable bonds is 14. The van der Waals surface area contributed by atoms with E-state index in [-0.39, 0.29) is 18.0 Å². The lowest BCUT2D eigenvalue weighted by molar-refractivity contribution is 0.233. The number of nitrogens with two attached hydrogens (primary N) is 1. The van der Waals surface area contributed by atoms with Crippen LogP contribution in [0, 0.1) is 42.4 Å². The number of hydrogen-bond donors (Lipinski definition) is 3. The van der Waals surface area contributed by atoms with Crippen LogP contribution in [0.25, 0.3) is 0 Å². The van der Waals surface area contributed by atoms with Crippen LogP contribution in [0.15, 0.2) is 94.3 Å². The van der Waals surface area contributed by atoms with Crippen LogP contribution < -0.4 is 16.4 Å². The van der Waals surface area contributed by atoms with Crippen molar-refractivity contribution in [3.8, 4) is 0 Å². The van der Waals surface area contributed by atoms with Gasteiger partial charge in [0.15, 0.2) is 0 Å². The van der Waals surface area contributed by atoms with Crippen LogP contribution in [-0.4, -0.2) is 12.8 Å². The summed E-state index contributed by atoms with van der Waals surface area (Å²) in [4.78, 5) is 4.59. The van der Waals surface area contributed by atoms with Crippen LogP contribution in [0.2, 0.25) is 0 Å². The summed E-state index contributed by atoms with van der Waals surface area (Å²) in [7, 11) is 0. The smallest absolute Gasteiger partial charge is 0.137 e. The Bertz CT molecular complexity index is 1550. The highest BCUT2D eigenvalue weighted by Gasteiger charge is 2.33. The molecule has 1 heterocycles. The summed E-state index contributed by atoms with van der Waals surface area (Å²) in [5.41, 5.74) is 14.1. The van der Waals surface area contributed by atoms with Gasteiger partial charge in [0, 0.05) is 23.7 Å². The Hall–Kier alpha value is -3.18. The Morgan fingerprint density at radius 3 is 1.75 bits per heavy atom. The summed E-state index contributed by atoms with van der Waals surface area (Å²) in [5, 5.41) is 6.78. The number of nitrogens with one attached hydrogen (secondary N) is 2. The maximum absolute atomic E-state index is 14.5. The first-order valence-corrected chi connectivity index (χ1v) is 25.8. The average molecular weight is 892 g/mol. The first-order chi connectivity index (χ1) is 30.2. The average Bonchev–Trinajstić information content (AvgIpc) is 3.69. The molecule has 370 valence electrons. The molecular weight excluding hydrogens is 784 g/mol.